The number of nitrogens with one attached hydrogen (secondary N) is 1. The summed E-state index contributed by atoms with van der Waals surface area (Å²) in [6.07, 6.45) is 8.52. The van der Waals surface area contributed by atoms with E-state index < -0.39 is 0 Å². The van der Waals surface area contributed by atoms with Crippen LogP contribution in [0.1, 0.15) is 31.2 Å². The van der Waals surface area contributed by atoms with Gasteiger partial charge in [-0.1, -0.05) is 12.8 Å². The van der Waals surface area contributed by atoms with Crippen molar-refractivity contribution in [1.82, 2.24) is 20.2 Å². The van der Waals surface area contributed by atoms with Crippen LogP contribution in [0.3, 0.4) is 0 Å². The minimum atomic E-state index is -0.384. The second-order valence-corrected chi connectivity index (χ2v) is 6.80. The van der Waals surface area contributed by atoms with Gasteiger partial charge < -0.3 is 15.5 Å². The zero-order chi connectivity index (χ0) is 18.1. The number of aromatic nitrogens is 4. The molecule has 7 heteroatoms. The molecule has 3 aromatic heterocycles. The molecule has 134 valence electrons. The zero-order valence-corrected chi connectivity index (χ0v) is 14.6. The van der Waals surface area contributed by atoms with Crippen LogP contribution in [0.25, 0.3) is 22.2 Å². The van der Waals surface area contributed by atoms with E-state index in [1.807, 2.05) is 13.0 Å². The molecule has 0 amide bonds. The van der Waals surface area contributed by atoms with Crippen molar-refractivity contribution in [3.05, 3.63) is 36.3 Å². The van der Waals surface area contributed by atoms with Crippen molar-refractivity contribution in [2.24, 2.45) is 0 Å². The Kier molecular flexibility index (Phi) is 4.38. The second-order valence-electron chi connectivity index (χ2n) is 6.80. The monoisotopic (exact) mass is 351 g/mol. The molecule has 1 saturated carbocycles. The molecule has 26 heavy (non-hydrogen) atoms. The van der Waals surface area contributed by atoms with E-state index >= 15 is 0 Å². The second kappa shape index (κ2) is 6.84. The Morgan fingerprint density at radius 1 is 1.08 bits per heavy atom. The fourth-order valence-electron chi connectivity index (χ4n) is 3.47. The van der Waals surface area contributed by atoms with Gasteiger partial charge in [0, 0.05) is 29.4 Å². The first-order chi connectivity index (χ1) is 12.6. The van der Waals surface area contributed by atoms with Gasteiger partial charge in [0.25, 0.3) is 0 Å². The number of aliphatic hydroxyl groups is 1. The van der Waals surface area contributed by atoms with Crippen LogP contribution in [0.4, 0.5) is 5.82 Å². The van der Waals surface area contributed by atoms with Crippen LogP contribution in [0.2, 0.25) is 0 Å². The number of aromatic hydroxyl groups is 1. The van der Waals surface area contributed by atoms with Crippen LogP contribution < -0.4 is 5.32 Å². The Labute approximate surface area is 151 Å². The highest BCUT2D eigenvalue weighted by atomic mass is 16.3. The molecule has 1 aliphatic carbocycles. The van der Waals surface area contributed by atoms with Crippen molar-refractivity contribution in [2.75, 3.05) is 5.32 Å². The molecule has 2 atom stereocenters. The quantitative estimate of drug-likeness (QED) is 0.666. The zero-order valence-electron chi connectivity index (χ0n) is 14.6. The lowest BCUT2D eigenvalue weighted by atomic mass is 9.92. The minimum Gasteiger partial charge on any atom is -0.506 e. The van der Waals surface area contributed by atoms with Gasteiger partial charge in [0.05, 0.1) is 12.1 Å². The Morgan fingerprint density at radius 3 is 2.73 bits per heavy atom. The maximum Gasteiger partial charge on any atom is 0.157 e. The van der Waals surface area contributed by atoms with Gasteiger partial charge >= 0.3 is 0 Å². The van der Waals surface area contributed by atoms with E-state index in [-0.39, 0.29) is 17.9 Å². The molecule has 3 N–H and O–H groups in total. The Hall–Kier alpha value is -2.80. The first-order valence-electron chi connectivity index (χ1n) is 8.84. The third kappa shape index (κ3) is 3.06. The summed E-state index contributed by atoms with van der Waals surface area (Å²) in [5, 5.41) is 34.1. The SMILES string of the molecule is Cc1cnc(-c2nnc(NC3CCCCC3O)c3ccncc23)c(O)c1. The summed E-state index contributed by atoms with van der Waals surface area (Å²) in [6, 6.07) is 3.47. The summed E-state index contributed by atoms with van der Waals surface area (Å²) in [5.74, 6) is 0.677. The summed E-state index contributed by atoms with van der Waals surface area (Å²) in [6.45, 7) is 1.87. The summed E-state index contributed by atoms with van der Waals surface area (Å²) in [5.41, 5.74) is 1.73. The number of anilines is 1. The van der Waals surface area contributed by atoms with Crippen LogP contribution in [0.5, 0.6) is 5.75 Å². The van der Waals surface area contributed by atoms with Gasteiger partial charge in [-0.25, -0.2) is 0 Å². The van der Waals surface area contributed by atoms with Crippen molar-refractivity contribution >= 4 is 16.6 Å². The summed E-state index contributed by atoms with van der Waals surface area (Å²) >= 11 is 0. The molecule has 0 aromatic carbocycles. The molecule has 3 heterocycles. The van der Waals surface area contributed by atoms with Crippen LogP contribution in [0.15, 0.2) is 30.7 Å². The molecule has 7 nitrogen and oxygen atoms in total. The van der Waals surface area contributed by atoms with Crippen LogP contribution >= 0.6 is 0 Å². The lowest BCUT2D eigenvalue weighted by Gasteiger charge is -2.29. The third-order valence-electron chi connectivity index (χ3n) is 4.86. The molecule has 4 rings (SSSR count). The molecule has 2 unspecified atom stereocenters. The van der Waals surface area contributed by atoms with Crippen molar-refractivity contribution in [1.29, 1.82) is 0 Å². The van der Waals surface area contributed by atoms with Gasteiger partial charge in [-0.2, -0.15) is 0 Å². The molecule has 0 spiro atoms. The number of hydrogen-bond donors (Lipinski definition) is 3. The lowest BCUT2D eigenvalue weighted by Crippen LogP contribution is -2.36. The van der Waals surface area contributed by atoms with E-state index in [9.17, 15) is 10.2 Å². The molecule has 0 aliphatic heterocycles. The molecule has 1 fully saturated rings. The summed E-state index contributed by atoms with van der Waals surface area (Å²) < 4.78 is 0. The average molecular weight is 351 g/mol. The Balaban J connectivity index is 1.78. The Morgan fingerprint density at radius 2 is 1.92 bits per heavy atom. The van der Waals surface area contributed by atoms with E-state index in [2.05, 4.69) is 25.5 Å². The molecule has 1 aliphatic rings. The highest BCUT2D eigenvalue weighted by molar-refractivity contribution is 5.99. The number of hydrogen-bond acceptors (Lipinski definition) is 7. The van der Waals surface area contributed by atoms with E-state index in [1.54, 1.807) is 24.7 Å². The maximum absolute atomic E-state index is 10.3. The largest absolute Gasteiger partial charge is 0.506 e. The van der Waals surface area contributed by atoms with Crippen LogP contribution in [0, 0.1) is 6.92 Å². The molecule has 0 radical (unpaired) electrons. The molecule has 0 saturated heterocycles. The van der Waals surface area contributed by atoms with Gasteiger partial charge in [-0.05, 0) is 37.5 Å². The number of aryl methyl sites for hydroxylation is 1. The van der Waals surface area contributed by atoms with Crippen molar-refractivity contribution < 1.29 is 10.2 Å². The predicted octanol–water partition coefficient (Wildman–Crippen LogP) is 2.82. The predicted molar refractivity (Wildman–Crippen MR) is 98.9 cm³/mol. The smallest absolute Gasteiger partial charge is 0.157 e. The number of fused-ring (bicyclic) bond motifs is 1. The highest BCUT2D eigenvalue weighted by Gasteiger charge is 2.24. The van der Waals surface area contributed by atoms with Gasteiger partial charge in [0.1, 0.15) is 17.1 Å². The normalized spacial score (nSPS) is 20.2. The number of rotatable bonds is 3. The standard InChI is InChI=1S/C19H21N5O2/c1-11-8-16(26)18(21-9-11)17-13-10-20-7-6-12(13)19(24-23-17)22-14-4-2-3-5-15(14)25/h6-10,14-15,25-26H,2-5H2,1H3,(H,22,24). The van der Waals surface area contributed by atoms with Crippen LogP contribution in [-0.2, 0) is 0 Å². The van der Waals surface area contributed by atoms with E-state index in [1.165, 1.54) is 0 Å². The van der Waals surface area contributed by atoms with E-state index in [4.69, 9.17) is 0 Å². The lowest BCUT2D eigenvalue weighted by molar-refractivity contribution is 0.116. The summed E-state index contributed by atoms with van der Waals surface area (Å²) in [7, 11) is 0. The summed E-state index contributed by atoms with van der Waals surface area (Å²) in [4.78, 5) is 8.51. The minimum absolute atomic E-state index is 0.0360. The first-order valence-corrected chi connectivity index (χ1v) is 8.84. The maximum atomic E-state index is 10.3. The fraction of sp³-hybridized carbons (Fsp3) is 0.368. The molecule has 3 aromatic rings. The number of nitrogens with zero attached hydrogens (tertiary/aromatic N) is 4. The average Bonchev–Trinajstić information content (AvgIpc) is 2.64. The van der Waals surface area contributed by atoms with Crippen molar-refractivity contribution in [3.63, 3.8) is 0 Å². The van der Waals surface area contributed by atoms with Crippen molar-refractivity contribution in [3.8, 4) is 17.1 Å². The highest BCUT2D eigenvalue weighted by Crippen LogP contribution is 2.33. The molecule has 0 bridgehead atoms. The third-order valence-corrected chi connectivity index (χ3v) is 4.86. The van der Waals surface area contributed by atoms with Crippen molar-refractivity contribution in [2.45, 2.75) is 44.8 Å². The Bertz CT molecular complexity index is 946. The fourth-order valence-corrected chi connectivity index (χ4v) is 3.47. The van der Waals surface area contributed by atoms with E-state index in [0.717, 1.165) is 42.0 Å². The van der Waals surface area contributed by atoms with Gasteiger partial charge in [-0.3, -0.25) is 9.97 Å². The molecular formula is C19H21N5O2. The van der Waals surface area contributed by atoms with Gasteiger partial charge in [0.15, 0.2) is 5.82 Å². The van der Waals surface area contributed by atoms with E-state index in [0.29, 0.717) is 17.2 Å². The molecular weight excluding hydrogens is 330 g/mol. The topological polar surface area (TPSA) is 104 Å². The van der Waals surface area contributed by atoms with Gasteiger partial charge in [0.2, 0.25) is 0 Å². The number of aliphatic hydroxyl groups excluding tert-OH is 1. The number of pyridine rings is 2. The first kappa shape index (κ1) is 16.7. The van der Waals surface area contributed by atoms with Crippen LogP contribution in [-0.4, -0.2) is 42.5 Å². The van der Waals surface area contributed by atoms with Gasteiger partial charge in [-0.15, -0.1) is 10.2 Å².